The average Bonchev–Trinajstić information content (AvgIpc) is 2.32. The number of rotatable bonds is 4. The van der Waals surface area contributed by atoms with E-state index in [0.29, 0.717) is 23.4 Å². The third-order valence-corrected chi connectivity index (χ3v) is 2.32. The number of benzene rings is 1. The summed E-state index contributed by atoms with van der Waals surface area (Å²) in [5.41, 5.74) is 1.48. The first-order chi connectivity index (χ1) is 8.93. The maximum Gasteiger partial charge on any atom is 0.333 e. The Bertz CT molecular complexity index is 520. The quantitative estimate of drug-likeness (QED) is 0.645. The molecule has 0 aliphatic rings. The molecule has 0 bridgehead atoms. The van der Waals surface area contributed by atoms with Crippen molar-refractivity contribution in [2.45, 2.75) is 20.8 Å². The normalized spacial score (nSPS) is 11.0. The fourth-order valence-electron chi connectivity index (χ4n) is 1.51. The molecule has 0 unspecified atom stereocenters. The zero-order valence-corrected chi connectivity index (χ0v) is 11.2. The lowest BCUT2D eigenvalue weighted by atomic mass is 10.1. The van der Waals surface area contributed by atoms with E-state index >= 15 is 0 Å². The van der Waals surface area contributed by atoms with E-state index in [1.54, 1.807) is 26.0 Å². The summed E-state index contributed by atoms with van der Waals surface area (Å²) >= 11 is 0. The van der Waals surface area contributed by atoms with Gasteiger partial charge < -0.3 is 15.2 Å². The van der Waals surface area contributed by atoms with Crippen LogP contribution in [0, 0.1) is 0 Å². The number of carbonyl (C=O) groups excluding carboxylic acids is 2. The number of anilines is 1. The molecular formula is C14H17NO4. The number of carbonyl (C=O) groups is 2. The number of ether oxygens (including phenoxy) is 1. The Hall–Kier alpha value is -2.30. The van der Waals surface area contributed by atoms with Crippen LogP contribution in [0.3, 0.4) is 0 Å². The maximum absolute atomic E-state index is 11.5. The highest BCUT2D eigenvalue weighted by molar-refractivity contribution is 5.96. The summed E-state index contributed by atoms with van der Waals surface area (Å²) in [5, 5.41) is 12.0. The van der Waals surface area contributed by atoms with Crippen molar-refractivity contribution in [3.8, 4) is 5.75 Å². The fraction of sp³-hybridized carbons (Fsp3) is 0.286. The van der Waals surface area contributed by atoms with E-state index in [9.17, 15) is 14.7 Å². The predicted octanol–water partition coefficient (Wildman–Crippen LogP) is 2.32. The van der Waals surface area contributed by atoms with Gasteiger partial charge in [-0.3, -0.25) is 4.79 Å². The summed E-state index contributed by atoms with van der Waals surface area (Å²) < 4.78 is 4.88. The van der Waals surface area contributed by atoms with Gasteiger partial charge in [0.1, 0.15) is 5.75 Å². The molecule has 0 aliphatic carbocycles. The second-order valence-corrected chi connectivity index (χ2v) is 4.00. The molecule has 0 aliphatic heterocycles. The van der Waals surface area contributed by atoms with E-state index in [0.717, 1.165) is 0 Å². The van der Waals surface area contributed by atoms with Gasteiger partial charge in [-0.25, -0.2) is 4.79 Å². The van der Waals surface area contributed by atoms with Crippen LogP contribution in [0.4, 0.5) is 5.69 Å². The number of phenols is 1. The van der Waals surface area contributed by atoms with Crippen molar-refractivity contribution in [2.24, 2.45) is 0 Å². The van der Waals surface area contributed by atoms with Gasteiger partial charge in [0.05, 0.1) is 12.3 Å². The van der Waals surface area contributed by atoms with E-state index in [2.05, 4.69) is 5.32 Å². The Kier molecular flexibility index (Phi) is 5.11. The molecule has 1 aromatic rings. The van der Waals surface area contributed by atoms with Crippen LogP contribution in [0.1, 0.15) is 26.3 Å². The number of phenolic OH excluding ortho intramolecular Hbond substituents is 1. The largest absolute Gasteiger partial charge is 0.508 e. The molecule has 0 atom stereocenters. The summed E-state index contributed by atoms with van der Waals surface area (Å²) in [6.07, 6.45) is 1.60. The van der Waals surface area contributed by atoms with E-state index in [4.69, 9.17) is 4.74 Å². The van der Waals surface area contributed by atoms with Gasteiger partial charge in [-0.1, -0.05) is 0 Å². The number of amides is 1. The number of nitrogens with one attached hydrogen (secondary N) is 1. The van der Waals surface area contributed by atoms with Crippen molar-refractivity contribution in [2.75, 3.05) is 11.9 Å². The number of aromatic hydroxyl groups is 1. The molecule has 1 rings (SSSR count). The lowest BCUT2D eigenvalue weighted by Gasteiger charge is -2.08. The summed E-state index contributed by atoms with van der Waals surface area (Å²) in [4.78, 5) is 22.6. The van der Waals surface area contributed by atoms with Crippen LogP contribution in [-0.2, 0) is 14.3 Å². The van der Waals surface area contributed by atoms with Gasteiger partial charge in [0.2, 0.25) is 5.91 Å². The lowest BCUT2D eigenvalue weighted by Crippen LogP contribution is -2.08. The van der Waals surface area contributed by atoms with Gasteiger partial charge in [-0.15, -0.1) is 0 Å². The first-order valence-electron chi connectivity index (χ1n) is 5.90. The van der Waals surface area contributed by atoms with Crippen molar-refractivity contribution in [3.05, 3.63) is 29.3 Å². The Morgan fingerprint density at radius 3 is 2.63 bits per heavy atom. The molecule has 0 aromatic heterocycles. The van der Waals surface area contributed by atoms with Crippen molar-refractivity contribution in [1.29, 1.82) is 0 Å². The average molecular weight is 263 g/mol. The second-order valence-electron chi connectivity index (χ2n) is 4.00. The molecule has 0 heterocycles. The van der Waals surface area contributed by atoms with Gasteiger partial charge in [0, 0.05) is 18.6 Å². The summed E-state index contributed by atoms with van der Waals surface area (Å²) in [7, 11) is 0. The summed E-state index contributed by atoms with van der Waals surface area (Å²) in [5.74, 6) is -0.631. The minimum Gasteiger partial charge on any atom is -0.508 e. The summed E-state index contributed by atoms with van der Waals surface area (Å²) in [6, 6.07) is 4.52. The van der Waals surface area contributed by atoms with Gasteiger partial charge >= 0.3 is 5.97 Å². The molecule has 0 spiro atoms. The number of esters is 1. The van der Waals surface area contributed by atoms with Crippen LogP contribution in [0.25, 0.3) is 6.08 Å². The lowest BCUT2D eigenvalue weighted by molar-refractivity contribution is -0.138. The topological polar surface area (TPSA) is 75.6 Å². The predicted molar refractivity (Wildman–Crippen MR) is 72.7 cm³/mol. The number of hydrogen-bond donors (Lipinski definition) is 2. The van der Waals surface area contributed by atoms with Gasteiger partial charge in [0.15, 0.2) is 0 Å². The highest BCUT2D eigenvalue weighted by Crippen LogP contribution is 2.24. The first-order valence-corrected chi connectivity index (χ1v) is 5.90. The van der Waals surface area contributed by atoms with E-state index < -0.39 is 5.97 Å². The zero-order chi connectivity index (χ0) is 14.4. The highest BCUT2D eigenvalue weighted by Gasteiger charge is 2.08. The summed E-state index contributed by atoms with van der Waals surface area (Å²) in [6.45, 7) is 5.03. The molecule has 0 radical (unpaired) electrons. The molecule has 1 amide bonds. The Morgan fingerprint density at radius 1 is 1.37 bits per heavy atom. The van der Waals surface area contributed by atoms with Crippen LogP contribution in [-0.4, -0.2) is 23.6 Å². The van der Waals surface area contributed by atoms with Gasteiger partial charge in [-0.05, 0) is 37.6 Å². The van der Waals surface area contributed by atoms with Crippen molar-refractivity contribution in [1.82, 2.24) is 0 Å². The maximum atomic E-state index is 11.5. The molecule has 5 heteroatoms. The van der Waals surface area contributed by atoms with Crippen LogP contribution >= 0.6 is 0 Å². The SMILES string of the molecule is CCOC(=O)/C(C)=C/c1ccc(O)cc1NC(C)=O. The minimum atomic E-state index is -0.413. The monoisotopic (exact) mass is 263 g/mol. The molecule has 5 nitrogen and oxygen atoms in total. The van der Waals surface area contributed by atoms with E-state index in [1.807, 2.05) is 0 Å². The molecule has 19 heavy (non-hydrogen) atoms. The van der Waals surface area contributed by atoms with E-state index in [-0.39, 0.29) is 11.7 Å². The fourth-order valence-corrected chi connectivity index (χ4v) is 1.51. The Labute approximate surface area is 111 Å². The zero-order valence-electron chi connectivity index (χ0n) is 11.2. The van der Waals surface area contributed by atoms with Crippen LogP contribution in [0.5, 0.6) is 5.75 Å². The van der Waals surface area contributed by atoms with Crippen LogP contribution in [0.15, 0.2) is 23.8 Å². The minimum absolute atomic E-state index is 0.0367. The molecular weight excluding hydrogens is 246 g/mol. The molecule has 0 saturated heterocycles. The Balaban J connectivity index is 3.09. The second kappa shape index (κ2) is 6.58. The number of hydrogen-bond acceptors (Lipinski definition) is 4. The molecule has 2 N–H and O–H groups in total. The van der Waals surface area contributed by atoms with Crippen LogP contribution < -0.4 is 5.32 Å². The van der Waals surface area contributed by atoms with Gasteiger partial charge in [-0.2, -0.15) is 0 Å². The van der Waals surface area contributed by atoms with Crippen molar-refractivity contribution < 1.29 is 19.4 Å². The van der Waals surface area contributed by atoms with E-state index in [1.165, 1.54) is 19.1 Å². The molecule has 1 aromatic carbocycles. The van der Waals surface area contributed by atoms with Crippen LogP contribution in [0.2, 0.25) is 0 Å². The highest BCUT2D eigenvalue weighted by atomic mass is 16.5. The third-order valence-electron chi connectivity index (χ3n) is 2.32. The third kappa shape index (κ3) is 4.46. The first kappa shape index (κ1) is 14.8. The standard InChI is InChI=1S/C14H17NO4/c1-4-19-14(18)9(2)7-11-5-6-12(17)8-13(11)15-10(3)16/h5-8,17H,4H2,1-3H3,(H,15,16)/b9-7+. The Morgan fingerprint density at radius 2 is 2.05 bits per heavy atom. The molecule has 102 valence electrons. The molecule has 0 fully saturated rings. The smallest absolute Gasteiger partial charge is 0.333 e. The molecule has 0 saturated carbocycles. The van der Waals surface area contributed by atoms with Gasteiger partial charge in [0.25, 0.3) is 0 Å². The van der Waals surface area contributed by atoms with Crippen molar-refractivity contribution >= 4 is 23.6 Å². The van der Waals surface area contributed by atoms with Crippen molar-refractivity contribution in [3.63, 3.8) is 0 Å².